The molecule has 11 nitrogen and oxygen atoms in total. The van der Waals surface area contributed by atoms with E-state index in [1.54, 1.807) is 10.9 Å². The lowest BCUT2D eigenvalue weighted by molar-refractivity contribution is -0.0565. The Bertz CT molecular complexity index is 1310. The van der Waals surface area contributed by atoms with Gasteiger partial charge in [-0.15, -0.1) is 0 Å². The molecule has 0 saturated carbocycles. The molecule has 2 aliphatic heterocycles. The van der Waals surface area contributed by atoms with E-state index in [0.29, 0.717) is 12.3 Å². The third kappa shape index (κ3) is 5.61. The molecule has 0 bridgehead atoms. The standard InChI is InChI=1S/C28H53N5O6Si3/c1-16(2)41(17(3)4)35-14-20-22(38-42(39-41,18(5)6)19(7)8)23(37-40(12,13)28(9,10)11)26(36-20)33-15-30-21-24(33)31-27(29)32-25(21)34/h15-20,22-23,26H,14H2,1-13H3,(H3,29,31,32,34)/t20-,22-,23-,26-/m1/s1. The summed E-state index contributed by atoms with van der Waals surface area (Å²) in [6.07, 6.45) is -0.455. The van der Waals surface area contributed by atoms with Crippen LogP contribution in [0.3, 0.4) is 0 Å². The molecular weight excluding hydrogens is 587 g/mol. The Labute approximate surface area is 253 Å². The summed E-state index contributed by atoms with van der Waals surface area (Å²) < 4.78 is 37.7. The van der Waals surface area contributed by atoms with E-state index < -0.39 is 55.5 Å². The fourth-order valence-corrected chi connectivity index (χ4v) is 18.6. The molecule has 2 aliphatic rings. The number of nitrogen functional groups attached to an aromatic ring is 1. The highest BCUT2D eigenvalue weighted by molar-refractivity contribution is 6.84. The first-order chi connectivity index (χ1) is 19.3. The highest BCUT2D eigenvalue weighted by Gasteiger charge is 2.63. The first-order valence-corrected chi connectivity index (χ1v) is 22.2. The van der Waals surface area contributed by atoms with Gasteiger partial charge in [0.2, 0.25) is 5.95 Å². The number of aromatic nitrogens is 4. The van der Waals surface area contributed by atoms with Gasteiger partial charge in [-0.05, 0) is 40.3 Å². The van der Waals surface area contributed by atoms with Crippen molar-refractivity contribution in [1.29, 1.82) is 0 Å². The number of anilines is 1. The van der Waals surface area contributed by atoms with Crippen LogP contribution in [0, 0.1) is 0 Å². The molecule has 0 spiro atoms. The first kappa shape index (κ1) is 33.5. The fraction of sp³-hybridized carbons (Fsp3) is 0.821. The zero-order chi connectivity index (χ0) is 31.6. The molecule has 0 amide bonds. The van der Waals surface area contributed by atoms with Crippen molar-refractivity contribution in [2.24, 2.45) is 0 Å². The number of rotatable bonds is 7. The summed E-state index contributed by atoms with van der Waals surface area (Å²) in [4.78, 5) is 24.1. The van der Waals surface area contributed by atoms with Gasteiger partial charge in [0.05, 0.1) is 12.9 Å². The summed E-state index contributed by atoms with van der Waals surface area (Å²) in [6.45, 7) is 29.1. The number of nitrogens with two attached hydrogens (primary N) is 1. The van der Waals surface area contributed by atoms with Crippen LogP contribution >= 0.6 is 0 Å². The second kappa shape index (κ2) is 11.5. The van der Waals surface area contributed by atoms with Crippen molar-refractivity contribution in [3.05, 3.63) is 16.7 Å². The quantitative estimate of drug-likeness (QED) is 0.353. The van der Waals surface area contributed by atoms with E-state index in [1.165, 1.54) is 0 Å². The van der Waals surface area contributed by atoms with Gasteiger partial charge in [0.15, 0.2) is 25.7 Å². The van der Waals surface area contributed by atoms with Gasteiger partial charge in [-0.1, -0.05) is 76.2 Å². The minimum absolute atomic E-state index is 0.0174. The third-order valence-corrected chi connectivity index (χ3v) is 24.3. The minimum atomic E-state index is -2.94. The van der Waals surface area contributed by atoms with Gasteiger partial charge in [0, 0.05) is 0 Å². The van der Waals surface area contributed by atoms with E-state index >= 15 is 0 Å². The monoisotopic (exact) mass is 639 g/mol. The van der Waals surface area contributed by atoms with Gasteiger partial charge >= 0.3 is 17.1 Å². The topological polar surface area (TPSA) is 136 Å². The molecule has 0 unspecified atom stereocenters. The molecule has 2 fully saturated rings. The Balaban J connectivity index is 1.92. The van der Waals surface area contributed by atoms with Crippen LogP contribution in [0.25, 0.3) is 11.2 Å². The van der Waals surface area contributed by atoms with Crippen LogP contribution < -0.4 is 11.3 Å². The van der Waals surface area contributed by atoms with E-state index in [4.69, 9.17) is 27.9 Å². The number of hydrogen-bond donors (Lipinski definition) is 2. The van der Waals surface area contributed by atoms with Crippen molar-refractivity contribution in [1.82, 2.24) is 19.5 Å². The summed E-state index contributed by atoms with van der Waals surface area (Å²) in [6, 6.07) is 0. The van der Waals surface area contributed by atoms with Gasteiger partial charge in [0.25, 0.3) is 5.56 Å². The predicted octanol–water partition coefficient (Wildman–Crippen LogP) is 5.95. The van der Waals surface area contributed by atoms with Crippen LogP contribution in [0.15, 0.2) is 11.1 Å². The molecule has 4 rings (SSSR count). The molecule has 3 N–H and O–H groups in total. The molecule has 0 aliphatic carbocycles. The van der Waals surface area contributed by atoms with E-state index in [2.05, 4.69) is 104 Å². The molecule has 4 heterocycles. The lowest BCUT2D eigenvalue weighted by Gasteiger charge is -2.52. The van der Waals surface area contributed by atoms with Gasteiger partial charge in [-0.25, -0.2) is 4.98 Å². The van der Waals surface area contributed by atoms with Gasteiger partial charge in [-0.2, -0.15) is 4.98 Å². The molecule has 0 aromatic carbocycles. The number of ether oxygens (including phenoxy) is 1. The second-order valence-electron chi connectivity index (χ2n) is 14.7. The largest absolute Gasteiger partial charge is 0.414 e. The van der Waals surface area contributed by atoms with Gasteiger partial charge < -0.3 is 27.9 Å². The molecule has 14 heteroatoms. The summed E-state index contributed by atoms with van der Waals surface area (Å²) >= 11 is 0. The number of nitrogens with one attached hydrogen (secondary N) is 1. The molecule has 2 saturated heterocycles. The Kier molecular flexibility index (Phi) is 9.18. The SMILES string of the molecule is CC(C)[Si]1(C(C)C)OC[C@H]2O[C@@H](n3cnc4c(=O)[nH]c(N)nc43)[C@H](O[Si](C)(C)C(C)(C)C)[C@@H]2O[Si](C(C)C)(C(C)C)O1. The zero-order valence-electron chi connectivity index (χ0n) is 27.8. The van der Waals surface area contributed by atoms with Crippen LogP contribution in [0.4, 0.5) is 5.95 Å². The van der Waals surface area contributed by atoms with E-state index in [-0.39, 0.29) is 38.7 Å². The van der Waals surface area contributed by atoms with Gasteiger partial charge in [0.1, 0.15) is 18.3 Å². The molecule has 2 aromatic rings. The first-order valence-electron chi connectivity index (χ1n) is 15.3. The van der Waals surface area contributed by atoms with Crippen molar-refractivity contribution >= 4 is 42.6 Å². The van der Waals surface area contributed by atoms with E-state index in [9.17, 15) is 4.79 Å². The summed E-state index contributed by atoms with van der Waals surface area (Å²) in [5.41, 5.74) is 6.87. The van der Waals surface area contributed by atoms with E-state index in [1.807, 2.05) is 0 Å². The number of imidazole rings is 1. The highest BCUT2D eigenvalue weighted by Crippen LogP contribution is 2.50. The van der Waals surface area contributed by atoms with Crippen LogP contribution in [0.1, 0.15) is 82.4 Å². The number of aromatic amines is 1. The summed E-state index contributed by atoms with van der Waals surface area (Å²) in [5.74, 6) is 0.0174. The predicted molar refractivity (Wildman–Crippen MR) is 172 cm³/mol. The number of hydrogen-bond acceptors (Lipinski definition) is 9. The van der Waals surface area contributed by atoms with Crippen LogP contribution in [0.2, 0.25) is 40.3 Å². The lowest BCUT2D eigenvalue weighted by Crippen LogP contribution is -2.66. The minimum Gasteiger partial charge on any atom is -0.414 e. The Morgan fingerprint density at radius 2 is 1.62 bits per heavy atom. The molecule has 4 atom stereocenters. The molecule has 0 radical (unpaired) electrons. The average Bonchev–Trinajstić information content (AvgIpc) is 3.38. The van der Waals surface area contributed by atoms with Crippen molar-refractivity contribution < 1.29 is 22.1 Å². The third-order valence-electron chi connectivity index (χ3n) is 9.58. The second-order valence-corrected chi connectivity index (χ2v) is 28.3. The van der Waals surface area contributed by atoms with Crippen molar-refractivity contribution in [3.8, 4) is 0 Å². The number of fused-ring (bicyclic) bond motifs is 2. The zero-order valence-corrected chi connectivity index (χ0v) is 30.8. The molecule has 238 valence electrons. The summed E-state index contributed by atoms with van der Waals surface area (Å²) in [5, 5.41) is -0.0664. The van der Waals surface area contributed by atoms with Crippen LogP contribution in [-0.4, -0.2) is 69.9 Å². The Hall–Kier alpha value is -1.40. The maximum atomic E-state index is 12.7. The van der Waals surface area contributed by atoms with Crippen molar-refractivity contribution in [2.75, 3.05) is 12.3 Å². The number of nitrogens with zero attached hydrogens (tertiary/aromatic N) is 3. The fourth-order valence-electron chi connectivity index (χ4n) is 6.12. The maximum Gasteiger partial charge on any atom is 0.335 e. The Morgan fingerprint density at radius 3 is 2.14 bits per heavy atom. The molecule has 2 aromatic heterocycles. The van der Waals surface area contributed by atoms with Crippen LogP contribution in [0.5, 0.6) is 0 Å². The summed E-state index contributed by atoms with van der Waals surface area (Å²) in [7, 11) is -8.04. The van der Waals surface area contributed by atoms with Crippen molar-refractivity contribution in [2.45, 2.75) is 141 Å². The van der Waals surface area contributed by atoms with Gasteiger partial charge in [-0.3, -0.25) is 14.3 Å². The molecule has 42 heavy (non-hydrogen) atoms. The molecular formula is C28H53N5O6Si3. The highest BCUT2D eigenvalue weighted by atomic mass is 28.5. The smallest absolute Gasteiger partial charge is 0.335 e. The number of H-pyrrole nitrogens is 1. The average molecular weight is 640 g/mol. The maximum absolute atomic E-state index is 12.7. The van der Waals surface area contributed by atoms with Crippen LogP contribution in [-0.2, 0) is 22.1 Å². The lowest BCUT2D eigenvalue weighted by atomic mass is 10.1. The Morgan fingerprint density at radius 1 is 1.05 bits per heavy atom. The van der Waals surface area contributed by atoms with Crippen molar-refractivity contribution in [3.63, 3.8) is 0 Å². The normalized spacial score (nSPS) is 26.8. The van der Waals surface area contributed by atoms with E-state index in [0.717, 1.165) is 0 Å².